The molecule has 3 N–H and O–H groups in total. The van der Waals surface area contributed by atoms with Gasteiger partial charge in [-0.15, -0.1) is 0 Å². The minimum atomic E-state index is -3.90. The first-order valence-corrected chi connectivity index (χ1v) is 12.0. The Kier molecular flexibility index (Phi) is 8.34. The van der Waals surface area contributed by atoms with Gasteiger partial charge in [-0.2, -0.15) is 9.40 Å². The van der Waals surface area contributed by atoms with Gasteiger partial charge in [-0.1, -0.05) is 12.1 Å². The molecule has 2 aromatic carbocycles. The number of hydrogen-bond donors (Lipinski definition) is 3. The highest BCUT2D eigenvalue weighted by molar-refractivity contribution is 7.89. The lowest BCUT2D eigenvalue weighted by Crippen LogP contribution is -2.38. The average Bonchev–Trinajstić information content (AvgIpc) is 3.30. The molecule has 0 fully saturated rings. The van der Waals surface area contributed by atoms with Gasteiger partial charge < -0.3 is 16.0 Å². The zero-order chi connectivity index (χ0) is 25.4. The number of sulfonamides is 1. The molecule has 3 aromatic rings. The number of nitrogens with zero attached hydrogens (tertiary/aromatic N) is 3. The zero-order valence-electron chi connectivity index (χ0n) is 19.3. The number of hydrogen-bond acceptors (Lipinski definition) is 6. The van der Waals surface area contributed by atoms with Crippen molar-refractivity contribution in [2.45, 2.75) is 24.9 Å². The first-order valence-electron chi connectivity index (χ1n) is 10.6. The summed E-state index contributed by atoms with van der Waals surface area (Å²) in [6.45, 7) is 1.20. The second kappa shape index (κ2) is 11.4. The maximum atomic E-state index is 12.7. The predicted molar refractivity (Wildman–Crippen MR) is 130 cm³/mol. The number of likely N-dealkylation sites (N-methyl/N-ethyl adjacent to an activating group) is 1. The number of rotatable bonds is 10. The van der Waals surface area contributed by atoms with Crippen LogP contribution in [0.15, 0.2) is 71.9 Å². The van der Waals surface area contributed by atoms with Gasteiger partial charge in [0.2, 0.25) is 27.7 Å². The summed E-state index contributed by atoms with van der Waals surface area (Å²) < 4.78 is 27.9. The van der Waals surface area contributed by atoms with Crippen LogP contribution in [-0.2, 0) is 37.5 Å². The minimum Gasteiger partial charge on any atom is -0.351 e. The maximum Gasteiger partial charge on any atom is 0.246 e. The van der Waals surface area contributed by atoms with E-state index in [1.165, 1.54) is 42.9 Å². The Morgan fingerprint density at radius 2 is 1.71 bits per heavy atom. The molecule has 0 saturated carbocycles. The third-order valence-electron chi connectivity index (χ3n) is 4.81. The van der Waals surface area contributed by atoms with E-state index in [9.17, 15) is 22.8 Å². The SMILES string of the molecule is CC(=O)Nc1ccc(S(=O)(=O)N(C)CC(=O)NCc2cccc(NC(=O)Cn3cccn3)c2)cc1. The summed E-state index contributed by atoms with van der Waals surface area (Å²) in [4.78, 5) is 35.6. The molecule has 0 radical (unpaired) electrons. The molecular weight excluding hydrogens is 472 g/mol. The molecule has 0 unspecified atom stereocenters. The van der Waals surface area contributed by atoms with Gasteiger partial charge in [0.05, 0.1) is 11.4 Å². The quantitative estimate of drug-likeness (QED) is 0.386. The second-order valence-electron chi connectivity index (χ2n) is 7.70. The Morgan fingerprint density at radius 1 is 0.971 bits per heavy atom. The van der Waals surface area contributed by atoms with E-state index >= 15 is 0 Å². The molecule has 35 heavy (non-hydrogen) atoms. The van der Waals surface area contributed by atoms with Gasteiger partial charge in [0.25, 0.3) is 0 Å². The van der Waals surface area contributed by atoms with Crippen LogP contribution in [0.2, 0.25) is 0 Å². The summed E-state index contributed by atoms with van der Waals surface area (Å²) in [7, 11) is -2.59. The number of carbonyl (C=O) groups excluding carboxylic acids is 3. The highest BCUT2D eigenvalue weighted by atomic mass is 32.2. The fraction of sp³-hybridized carbons (Fsp3) is 0.217. The number of amides is 3. The molecule has 0 aliphatic carbocycles. The number of nitrogens with one attached hydrogen (secondary N) is 3. The van der Waals surface area contributed by atoms with Gasteiger partial charge in [-0.05, 0) is 48.0 Å². The first-order chi connectivity index (χ1) is 16.6. The lowest BCUT2D eigenvalue weighted by atomic mass is 10.2. The van der Waals surface area contributed by atoms with Gasteiger partial charge >= 0.3 is 0 Å². The summed E-state index contributed by atoms with van der Waals surface area (Å²) in [5.41, 5.74) is 1.77. The van der Waals surface area contributed by atoms with Crippen molar-refractivity contribution in [1.29, 1.82) is 0 Å². The summed E-state index contributed by atoms with van der Waals surface area (Å²) in [6, 6.07) is 14.4. The Hall–Kier alpha value is -4.03. The maximum absolute atomic E-state index is 12.7. The molecule has 1 heterocycles. The Labute approximate surface area is 203 Å². The molecule has 1 aromatic heterocycles. The smallest absolute Gasteiger partial charge is 0.246 e. The van der Waals surface area contributed by atoms with Gasteiger partial charge in [0.1, 0.15) is 6.54 Å². The molecule has 12 heteroatoms. The van der Waals surface area contributed by atoms with Crippen molar-refractivity contribution in [2.24, 2.45) is 0 Å². The van der Waals surface area contributed by atoms with Crippen LogP contribution in [0.5, 0.6) is 0 Å². The Morgan fingerprint density at radius 3 is 2.37 bits per heavy atom. The third-order valence-corrected chi connectivity index (χ3v) is 6.63. The highest BCUT2D eigenvalue weighted by Crippen LogP contribution is 2.17. The lowest BCUT2D eigenvalue weighted by molar-refractivity contribution is -0.121. The van der Waals surface area contributed by atoms with Gasteiger partial charge in [0.15, 0.2) is 0 Å². The van der Waals surface area contributed by atoms with Crippen LogP contribution in [-0.4, -0.2) is 53.8 Å². The van der Waals surface area contributed by atoms with E-state index in [4.69, 9.17) is 0 Å². The highest BCUT2D eigenvalue weighted by Gasteiger charge is 2.23. The Bertz CT molecular complexity index is 1290. The first kappa shape index (κ1) is 25.6. The largest absolute Gasteiger partial charge is 0.351 e. The van der Waals surface area contributed by atoms with E-state index in [1.54, 1.807) is 42.7 Å². The second-order valence-corrected chi connectivity index (χ2v) is 9.74. The minimum absolute atomic E-state index is 0.000423. The predicted octanol–water partition coefficient (Wildman–Crippen LogP) is 1.42. The number of benzene rings is 2. The van der Waals surface area contributed by atoms with Crippen LogP contribution in [0, 0.1) is 0 Å². The zero-order valence-corrected chi connectivity index (χ0v) is 20.1. The molecule has 0 atom stereocenters. The normalized spacial score (nSPS) is 11.2. The van der Waals surface area contributed by atoms with Gasteiger partial charge in [-0.25, -0.2) is 8.42 Å². The molecule has 0 aliphatic rings. The molecule has 11 nitrogen and oxygen atoms in total. The molecule has 3 amide bonds. The van der Waals surface area contributed by atoms with E-state index in [-0.39, 0.29) is 36.3 Å². The molecular formula is C23H26N6O5S. The van der Waals surface area contributed by atoms with E-state index in [1.807, 2.05) is 0 Å². The van der Waals surface area contributed by atoms with E-state index in [0.29, 0.717) is 11.4 Å². The summed E-state index contributed by atoms with van der Waals surface area (Å²) in [5, 5.41) is 12.0. The summed E-state index contributed by atoms with van der Waals surface area (Å²) in [6.07, 6.45) is 3.27. The van der Waals surface area contributed by atoms with Crippen molar-refractivity contribution >= 4 is 39.1 Å². The van der Waals surface area contributed by atoms with Gasteiger partial charge in [0, 0.05) is 44.3 Å². The van der Waals surface area contributed by atoms with Crippen molar-refractivity contribution in [3.8, 4) is 0 Å². The van der Waals surface area contributed by atoms with Crippen molar-refractivity contribution in [3.05, 3.63) is 72.6 Å². The monoisotopic (exact) mass is 498 g/mol. The van der Waals surface area contributed by atoms with Crippen LogP contribution in [0.25, 0.3) is 0 Å². The summed E-state index contributed by atoms with van der Waals surface area (Å²) in [5.74, 6) is -0.998. The van der Waals surface area contributed by atoms with Crippen molar-refractivity contribution < 1.29 is 22.8 Å². The number of aromatic nitrogens is 2. The van der Waals surface area contributed by atoms with Crippen LogP contribution in [0.4, 0.5) is 11.4 Å². The molecule has 3 rings (SSSR count). The number of carbonyl (C=O) groups is 3. The fourth-order valence-corrected chi connectivity index (χ4v) is 4.27. The van der Waals surface area contributed by atoms with Gasteiger partial charge in [-0.3, -0.25) is 19.1 Å². The van der Waals surface area contributed by atoms with Crippen LogP contribution in [0.3, 0.4) is 0 Å². The molecule has 184 valence electrons. The summed E-state index contributed by atoms with van der Waals surface area (Å²) >= 11 is 0. The Balaban J connectivity index is 1.52. The molecule has 0 aliphatic heterocycles. The van der Waals surface area contributed by atoms with Crippen molar-refractivity contribution in [3.63, 3.8) is 0 Å². The molecule has 0 bridgehead atoms. The standard InChI is InChI=1S/C23H26N6O5S/c1-17(30)26-19-7-9-21(10-8-19)35(33,34)28(2)15-22(31)24-14-18-5-3-6-20(13-18)27-23(32)16-29-12-4-11-25-29/h3-13H,14-16H2,1-2H3,(H,24,31)(H,26,30)(H,27,32). The van der Waals surface area contributed by atoms with E-state index in [0.717, 1.165) is 9.87 Å². The third kappa shape index (κ3) is 7.48. The van der Waals surface area contributed by atoms with Crippen LogP contribution in [0.1, 0.15) is 12.5 Å². The van der Waals surface area contributed by atoms with Crippen LogP contribution >= 0.6 is 0 Å². The van der Waals surface area contributed by atoms with E-state index in [2.05, 4.69) is 21.0 Å². The average molecular weight is 499 g/mol. The topological polar surface area (TPSA) is 142 Å². The van der Waals surface area contributed by atoms with Crippen molar-refractivity contribution in [2.75, 3.05) is 24.2 Å². The molecule has 0 spiro atoms. The van der Waals surface area contributed by atoms with E-state index < -0.39 is 15.9 Å². The number of anilines is 2. The van der Waals surface area contributed by atoms with Crippen LogP contribution < -0.4 is 16.0 Å². The van der Waals surface area contributed by atoms with Crippen molar-refractivity contribution in [1.82, 2.24) is 19.4 Å². The fourth-order valence-electron chi connectivity index (χ4n) is 3.14. The molecule has 0 saturated heterocycles. The lowest BCUT2D eigenvalue weighted by Gasteiger charge is -2.17.